The molecule has 0 spiro atoms. The maximum absolute atomic E-state index is 11.0. The fraction of sp³-hybridized carbons (Fsp3) is 0.588. The van der Waals surface area contributed by atoms with Crippen molar-refractivity contribution in [2.24, 2.45) is 11.8 Å². The summed E-state index contributed by atoms with van der Waals surface area (Å²) in [6, 6.07) is 4.51. The number of carbonyl (C=O) groups is 1. The van der Waals surface area contributed by atoms with Crippen LogP contribution < -0.4 is 0 Å². The van der Waals surface area contributed by atoms with Crippen LogP contribution in [0, 0.1) is 32.6 Å². The maximum Gasteiger partial charge on any atom is 0.306 e. The molecule has 1 fully saturated rings. The van der Waals surface area contributed by atoms with Gasteiger partial charge in [-0.25, -0.2) is 0 Å². The van der Waals surface area contributed by atoms with Gasteiger partial charge in [-0.2, -0.15) is 0 Å². The van der Waals surface area contributed by atoms with Crippen molar-refractivity contribution >= 4 is 5.97 Å². The minimum absolute atomic E-state index is 0.100. The second-order valence-corrected chi connectivity index (χ2v) is 6.14. The van der Waals surface area contributed by atoms with Gasteiger partial charge in [-0.05, 0) is 75.5 Å². The molecule has 0 amide bonds. The summed E-state index contributed by atoms with van der Waals surface area (Å²) in [7, 11) is 0. The quantitative estimate of drug-likeness (QED) is 0.890. The van der Waals surface area contributed by atoms with Crippen molar-refractivity contribution < 1.29 is 9.90 Å². The highest BCUT2D eigenvalue weighted by atomic mass is 16.4. The number of hydrogen-bond acceptors (Lipinski definition) is 1. The van der Waals surface area contributed by atoms with Crippen molar-refractivity contribution in [1.82, 2.24) is 0 Å². The summed E-state index contributed by atoms with van der Waals surface area (Å²) in [6.07, 6.45) is 4.94. The van der Waals surface area contributed by atoms with E-state index in [4.69, 9.17) is 5.11 Å². The van der Waals surface area contributed by atoms with E-state index in [1.54, 1.807) is 0 Å². The Labute approximate surface area is 115 Å². The molecule has 0 saturated heterocycles. The third-order valence-corrected chi connectivity index (χ3v) is 4.53. The first kappa shape index (κ1) is 14.1. The van der Waals surface area contributed by atoms with Gasteiger partial charge in [-0.15, -0.1) is 0 Å². The number of aryl methyl sites for hydroxylation is 3. The van der Waals surface area contributed by atoms with Crippen LogP contribution >= 0.6 is 0 Å². The normalized spacial score (nSPS) is 23.3. The number of rotatable bonds is 3. The van der Waals surface area contributed by atoms with Crippen molar-refractivity contribution in [2.75, 3.05) is 0 Å². The second-order valence-electron chi connectivity index (χ2n) is 6.14. The molecule has 0 unspecified atom stereocenters. The van der Waals surface area contributed by atoms with E-state index in [0.717, 1.165) is 32.1 Å². The number of carboxylic acids is 1. The fourth-order valence-corrected chi connectivity index (χ4v) is 3.43. The molecule has 19 heavy (non-hydrogen) atoms. The Morgan fingerprint density at radius 2 is 1.63 bits per heavy atom. The zero-order valence-electron chi connectivity index (χ0n) is 12.2. The summed E-state index contributed by atoms with van der Waals surface area (Å²) in [5.74, 6) is -0.0479. The molecule has 1 saturated carbocycles. The molecule has 0 aliphatic heterocycles. The van der Waals surface area contributed by atoms with Crippen LogP contribution in [0.2, 0.25) is 0 Å². The molecule has 1 N–H and O–H groups in total. The van der Waals surface area contributed by atoms with Gasteiger partial charge in [0.05, 0.1) is 5.92 Å². The Balaban J connectivity index is 2.02. The Bertz CT molecular complexity index is 445. The van der Waals surface area contributed by atoms with E-state index in [9.17, 15) is 4.79 Å². The lowest BCUT2D eigenvalue weighted by atomic mass is 9.78. The Morgan fingerprint density at radius 3 is 2.11 bits per heavy atom. The van der Waals surface area contributed by atoms with E-state index < -0.39 is 5.97 Å². The number of benzene rings is 1. The monoisotopic (exact) mass is 260 g/mol. The smallest absolute Gasteiger partial charge is 0.306 e. The van der Waals surface area contributed by atoms with Gasteiger partial charge in [0.1, 0.15) is 0 Å². The Morgan fingerprint density at radius 1 is 1.11 bits per heavy atom. The van der Waals surface area contributed by atoms with Crippen molar-refractivity contribution in [2.45, 2.75) is 52.9 Å². The van der Waals surface area contributed by atoms with E-state index in [1.165, 1.54) is 22.3 Å². The van der Waals surface area contributed by atoms with Gasteiger partial charge in [0, 0.05) is 0 Å². The third-order valence-electron chi connectivity index (χ3n) is 4.53. The highest BCUT2D eigenvalue weighted by Crippen LogP contribution is 2.32. The van der Waals surface area contributed by atoms with Gasteiger partial charge in [-0.3, -0.25) is 4.79 Å². The van der Waals surface area contributed by atoms with Crippen LogP contribution in [0.3, 0.4) is 0 Å². The van der Waals surface area contributed by atoms with Crippen LogP contribution in [0.4, 0.5) is 0 Å². The van der Waals surface area contributed by atoms with E-state index in [2.05, 4.69) is 32.9 Å². The predicted octanol–water partition coefficient (Wildman–Crippen LogP) is 4.05. The van der Waals surface area contributed by atoms with Gasteiger partial charge in [0.25, 0.3) is 0 Å². The molecule has 0 bridgehead atoms. The Kier molecular flexibility index (Phi) is 4.28. The summed E-state index contributed by atoms with van der Waals surface area (Å²) in [6.45, 7) is 6.53. The summed E-state index contributed by atoms with van der Waals surface area (Å²) >= 11 is 0. The molecular formula is C17H24O2. The van der Waals surface area contributed by atoms with Crippen LogP contribution in [-0.4, -0.2) is 11.1 Å². The van der Waals surface area contributed by atoms with Crippen molar-refractivity contribution in [3.8, 4) is 0 Å². The van der Waals surface area contributed by atoms with Crippen LogP contribution in [0.15, 0.2) is 12.1 Å². The SMILES string of the molecule is Cc1cc(C)c(CC2CCC(C(=O)O)CC2)c(C)c1. The highest BCUT2D eigenvalue weighted by Gasteiger charge is 2.26. The first-order valence-corrected chi connectivity index (χ1v) is 7.27. The highest BCUT2D eigenvalue weighted by molar-refractivity contribution is 5.70. The average molecular weight is 260 g/mol. The van der Waals surface area contributed by atoms with Gasteiger partial charge in [0.15, 0.2) is 0 Å². The lowest BCUT2D eigenvalue weighted by molar-refractivity contribution is -0.143. The lowest BCUT2D eigenvalue weighted by Gasteiger charge is -2.27. The standard InChI is InChI=1S/C17H24O2/c1-11-8-12(2)16(13(3)9-11)10-14-4-6-15(7-5-14)17(18)19/h8-9,14-15H,4-7,10H2,1-3H3,(H,18,19). The van der Waals surface area contributed by atoms with E-state index in [-0.39, 0.29) is 5.92 Å². The maximum atomic E-state index is 11.0. The van der Waals surface area contributed by atoms with Crippen molar-refractivity contribution in [3.05, 3.63) is 34.4 Å². The van der Waals surface area contributed by atoms with Crippen LogP contribution in [-0.2, 0) is 11.2 Å². The average Bonchev–Trinajstić information content (AvgIpc) is 2.34. The van der Waals surface area contributed by atoms with Crippen LogP contribution in [0.25, 0.3) is 0 Å². The van der Waals surface area contributed by atoms with Gasteiger partial charge < -0.3 is 5.11 Å². The molecule has 2 rings (SSSR count). The zero-order valence-corrected chi connectivity index (χ0v) is 12.2. The molecule has 1 aliphatic carbocycles. The molecule has 1 aromatic carbocycles. The zero-order chi connectivity index (χ0) is 14.0. The minimum Gasteiger partial charge on any atom is -0.481 e. The first-order valence-electron chi connectivity index (χ1n) is 7.27. The number of carboxylic acid groups (broad SMARTS) is 1. The fourth-order valence-electron chi connectivity index (χ4n) is 3.43. The molecule has 2 nitrogen and oxygen atoms in total. The Hall–Kier alpha value is -1.31. The van der Waals surface area contributed by atoms with Crippen LogP contribution in [0.5, 0.6) is 0 Å². The predicted molar refractivity (Wildman–Crippen MR) is 77.4 cm³/mol. The van der Waals surface area contributed by atoms with Gasteiger partial charge in [-0.1, -0.05) is 17.7 Å². The summed E-state index contributed by atoms with van der Waals surface area (Å²) in [5.41, 5.74) is 5.58. The molecule has 1 aromatic rings. The third kappa shape index (κ3) is 3.37. The molecular weight excluding hydrogens is 236 g/mol. The topological polar surface area (TPSA) is 37.3 Å². The number of hydrogen-bond donors (Lipinski definition) is 1. The van der Waals surface area contributed by atoms with E-state index in [1.807, 2.05) is 0 Å². The molecule has 104 valence electrons. The molecule has 1 aliphatic rings. The molecule has 0 radical (unpaired) electrons. The molecule has 2 heteroatoms. The van der Waals surface area contributed by atoms with Gasteiger partial charge in [0.2, 0.25) is 0 Å². The molecule has 0 aromatic heterocycles. The molecule has 0 heterocycles. The van der Waals surface area contributed by atoms with Crippen LogP contribution in [0.1, 0.15) is 47.9 Å². The van der Waals surface area contributed by atoms with Crippen molar-refractivity contribution in [3.63, 3.8) is 0 Å². The molecule has 0 atom stereocenters. The van der Waals surface area contributed by atoms with Gasteiger partial charge >= 0.3 is 5.97 Å². The lowest BCUT2D eigenvalue weighted by Crippen LogP contribution is -2.22. The summed E-state index contributed by atoms with van der Waals surface area (Å²) in [4.78, 5) is 11.0. The first-order chi connectivity index (χ1) is 8.97. The number of aliphatic carboxylic acids is 1. The van der Waals surface area contributed by atoms with Crippen molar-refractivity contribution in [1.29, 1.82) is 0 Å². The largest absolute Gasteiger partial charge is 0.481 e. The summed E-state index contributed by atoms with van der Waals surface area (Å²) < 4.78 is 0. The van der Waals surface area contributed by atoms with E-state index >= 15 is 0 Å². The second kappa shape index (κ2) is 5.77. The minimum atomic E-state index is -0.610. The van der Waals surface area contributed by atoms with E-state index in [0.29, 0.717) is 5.92 Å². The summed E-state index contributed by atoms with van der Waals surface area (Å²) in [5, 5.41) is 9.03.